The Morgan fingerprint density at radius 2 is 1.70 bits per heavy atom. The zero-order chi connectivity index (χ0) is 21.6. The van der Waals surface area contributed by atoms with Crippen LogP contribution in [0, 0.1) is 37.5 Å². The molecule has 2 bridgehead atoms. The maximum atomic E-state index is 13.1. The second-order valence-electron chi connectivity index (χ2n) is 7.92. The summed E-state index contributed by atoms with van der Waals surface area (Å²) in [7, 11) is 1.31. The molecular formula is C23H23NO5S. The molecule has 4 atom stereocenters. The third-order valence-corrected chi connectivity index (χ3v) is 7.12. The number of anilines is 1. The summed E-state index contributed by atoms with van der Waals surface area (Å²) in [5.74, 6) is -3.43. The fourth-order valence-corrected chi connectivity index (χ4v) is 5.78. The Labute approximate surface area is 178 Å². The molecule has 2 aromatic rings. The van der Waals surface area contributed by atoms with Gasteiger partial charge in [-0.3, -0.25) is 9.59 Å². The summed E-state index contributed by atoms with van der Waals surface area (Å²) in [5, 5.41) is 12.9. The number of esters is 1. The van der Waals surface area contributed by atoms with Crippen LogP contribution in [0.15, 0.2) is 36.4 Å². The summed E-state index contributed by atoms with van der Waals surface area (Å²) in [5.41, 5.74) is 3.00. The van der Waals surface area contributed by atoms with Gasteiger partial charge in [0.2, 0.25) is 5.91 Å². The molecule has 0 aliphatic heterocycles. The van der Waals surface area contributed by atoms with Crippen LogP contribution < -0.4 is 5.32 Å². The fraction of sp³-hybridized carbons (Fsp3) is 0.348. The Morgan fingerprint density at radius 3 is 2.30 bits per heavy atom. The molecule has 30 heavy (non-hydrogen) atoms. The zero-order valence-electron chi connectivity index (χ0n) is 17.0. The normalized spacial score (nSPS) is 24.1. The van der Waals surface area contributed by atoms with Gasteiger partial charge in [0, 0.05) is 10.4 Å². The maximum absolute atomic E-state index is 13.1. The average molecular weight is 426 g/mol. The number of aryl methyl sites for hydroxylation is 2. The number of carboxylic acids is 1. The molecule has 0 radical (unpaired) electrons. The number of nitrogens with one attached hydrogen (secondary N) is 1. The van der Waals surface area contributed by atoms with E-state index in [1.807, 2.05) is 50.3 Å². The summed E-state index contributed by atoms with van der Waals surface area (Å²) in [6.45, 7) is 3.88. The van der Waals surface area contributed by atoms with Gasteiger partial charge in [0.15, 0.2) is 0 Å². The van der Waals surface area contributed by atoms with Crippen LogP contribution in [-0.4, -0.2) is 30.1 Å². The van der Waals surface area contributed by atoms with Crippen LogP contribution in [0.4, 0.5) is 5.00 Å². The van der Waals surface area contributed by atoms with Crippen LogP contribution in [0.25, 0.3) is 11.1 Å². The SMILES string of the molecule is COC(=O)c1c(NC(=O)[C@@H]2[C@H](C(=O)O)[C@H]3C=C[C@H]2C3)sc(C)c1-c1ccc(C)cc1. The van der Waals surface area contributed by atoms with Crippen LogP contribution in [-0.2, 0) is 14.3 Å². The minimum absolute atomic E-state index is 0.0877. The number of fused-ring (bicyclic) bond motifs is 2. The second kappa shape index (κ2) is 7.72. The molecule has 1 heterocycles. The average Bonchev–Trinajstić information content (AvgIpc) is 3.41. The van der Waals surface area contributed by atoms with Gasteiger partial charge in [0.05, 0.1) is 18.9 Å². The van der Waals surface area contributed by atoms with Gasteiger partial charge in [-0.1, -0.05) is 42.0 Å². The molecule has 2 N–H and O–H groups in total. The highest BCUT2D eigenvalue weighted by Gasteiger charge is 2.51. The third kappa shape index (κ3) is 3.33. The van der Waals surface area contributed by atoms with Crippen LogP contribution in [0.3, 0.4) is 0 Å². The Morgan fingerprint density at radius 1 is 1.07 bits per heavy atom. The highest BCUT2D eigenvalue weighted by atomic mass is 32.1. The number of carboxylic acid groups (broad SMARTS) is 1. The van der Waals surface area contributed by atoms with E-state index in [2.05, 4.69) is 5.32 Å². The summed E-state index contributed by atoms with van der Waals surface area (Å²) in [6.07, 6.45) is 4.52. The number of benzene rings is 1. The lowest BCUT2D eigenvalue weighted by Gasteiger charge is -2.23. The highest BCUT2D eigenvalue weighted by molar-refractivity contribution is 7.17. The number of amides is 1. The molecule has 1 fully saturated rings. The summed E-state index contributed by atoms with van der Waals surface area (Å²) in [4.78, 5) is 38.4. The molecule has 0 saturated heterocycles. The minimum Gasteiger partial charge on any atom is -0.481 e. The van der Waals surface area contributed by atoms with Crippen molar-refractivity contribution in [3.63, 3.8) is 0 Å². The van der Waals surface area contributed by atoms with E-state index in [4.69, 9.17) is 4.74 Å². The number of methoxy groups -OCH3 is 1. The Bertz CT molecular complexity index is 1050. The van der Waals surface area contributed by atoms with E-state index >= 15 is 0 Å². The Balaban J connectivity index is 1.71. The number of carbonyl (C=O) groups excluding carboxylic acids is 2. The number of thiophene rings is 1. The molecule has 1 saturated carbocycles. The molecule has 7 heteroatoms. The van der Waals surface area contributed by atoms with Gasteiger partial charge in [-0.05, 0) is 37.7 Å². The van der Waals surface area contributed by atoms with Gasteiger partial charge >= 0.3 is 11.9 Å². The molecule has 0 unspecified atom stereocenters. The summed E-state index contributed by atoms with van der Waals surface area (Å²) in [6, 6.07) is 7.79. The van der Waals surface area contributed by atoms with Gasteiger partial charge in [-0.15, -0.1) is 11.3 Å². The van der Waals surface area contributed by atoms with Crippen LogP contribution in [0.2, 0.25) is 0 Å². The van der Waals surface area contributed by atoms with Gasteiger partial charge < -0.3 is 15.2 Å². The van der Waals surface area contributed by atoms with E-state index in [0.717, 1.165) is 21.6 Å². The van der Waals surface area contributed by atoms with E-state index in [-0.39, 0.29) is 17.7 Å². The van der Waals surface area contributed by atoms with Crippen LogP contribution in [0.1, 0.15) is 27.2 Å². The standard InChI is InChI=1S/C23H23NO5S/c1-11-4-6-13(7-5-11)16-12(2)30-21(19(16)23(28)29-3)24-20(25)17-14-8-9-15(10-14)18(17)22(26)27/h4-9,14-15,17-18H,10H2,1-3H3,(H,24,25)(H,26,27)/t14-,15-,17-,18+/m0/s1. The number of allylic oxidation sites excluding steroid dienone is 2. The van der Waals surface area contributed by atoms with Crippen LogP contribution in [0.5, 0.6) is 0 Å². The third-order valence-electron chi connectivity index (χ3n) is 6.10. The molecule has 4 rings (SSSR count). The van der Waals surface area contributed by atoms with Crippen LogP contribution >= 0.6 is 11.3 Å². The predicted molar refractivity (Wildman–Crippen MR) is 115 cm³/mol. The first-order valence-corrected chi connectivity index (χ1v) is 10.6. The van der Waals surface area contributed by atoms with Crippen molar-refractivity contribution in [1.29, 1.82) is 0 Å². The number of hydrogen-bond acceptors (Lipinski definition) is 5. The quantitative estimate of drug-likeness (QED) is 0.551. The topological polar surface area (TPSA) is 92.7 Å². The summed E-state index contributed by atoms with van der Waals surface area (Å²) >= 11 is 1.30. The van der Waals surface area contributed by atoms with E-state index < -0.39 is 23.8 Å². The first kappa shape index (κ1) is 20.3. The zero-order valence-corrected chi connectivity index (χ0v) is 17.8. The van der Waals surface area contributed by atoms with Crippen molar-refractivity contribution in [1.82, 2.24) is 0 Å². The number of carbonyl (C=O) groups is 3. The largest absolute Gasteiger partial charge is 0.481 e. The van der Waals surface area contributed by atoms with Crippen molar-refractivity contribution in [2.24, 2.45) is 23.7 Å². The molecule has 2 aliphatic carbocycles. The van der Waals surface area contributed by atoms with E-state index in [1.165, 1.54) is 18.4 Å². The Kier molecular flexibility index (Phi) is 5.24. The lowest BCUT2D eigenvalue weighted by molar-refractivity contribution is -0.146. The molecular weight excluding hydrogens is 402 g/mol. The number of hydrogen-bond donors (Lipinski definition) is 2. The first-order chi connectivity index (χ1) is 14.3. The first-order valence-electron chi connectivity index (χ1n) is 9.82. The smallest absolute Gasteiger partial charge is 0.341 e. The van der Waals surface area contributed by atoms with Crippen molar-refractivity contribution < 1.29 is 24.2 Å². The fourth-order valence-electron chi connectivity index (χ4n) is 4.71. The number of ether oxygens (including phenoxy) is 1. The molecule has 0 spiro atoms. The number of aliphatic carboxylic acids is 1. The molecule has 2 aliphatic rings. The maximum Gasteiger partial charge on any atom is 0.341 e. The Hall–Kier alpha value is -2.93. The molecule has 1 aromatic carbocycles. The molecule has 1 amide bonds. The van der Waals surface area contributed by atoms with Gasteiger partial charge in [-0.25, -0.2) is 4.79 Å². The van der Waals surface area contributed by atoms with Crippen molar-refractivity contribution in [3.8, 4) is 11.1 Å². The number of rotatable bonds is 5. The lowest BCUT2D eigenvalue weighted by atomic mass is 9.82. The predicted octanol–water partition coefficient (Wildman–Crippen LogP) is 4.28. The van der Waals surface area contributed by atoms with Gasteiger partial charge in [0.25, 0.3) is 0 Å². The molecule has 156 valence electrons. The monoisotopic (exact) mass is 425 g/mol. The molecule has 6 nitrogen and oxygen atoms in total. The summed E-state index contributed by atoms with van der Waals surface area (Å²) < 4.78 is 5.00. The highest BCUT2D eigenvalue weighted by Crippen LogP contribution is 2.49. The van der Waals surface area contributed by atoms with E-state index in [0.29, 0.717) is 17.0 Å². The van der Waals surface area contributed by atoms with Crippen molar-refractivity contribution in [3.05, 3.63) is 52.4 Å². The van der Waals surface area contributed by atoms with Crippen molar-refractivity contribution in [2.75, 3.05) is 12.4 Å². The van der Waals surface area contributed by atoms with E-state index in [1.54, 1.807) is 0 Å². The van der Waals surface area contributed by atoms with E-state index in [9.17, 15) is 19.5 Å². The molecule has 1 aromatic heterocycles. The van der Waals surface area contributed by atoms with Gasteiger partial charge in [0.1, 0.15) is 10.6 Å². The van der Waals surface area contributed by atoms with Crippen molar-refractivity contribution >= 4 is 34.2 Å². The lowest BCUT2D eigenvalue weighted by Crippen LogP contribution is -2.36. The minimum atomic E-state index is -0.956. The van der Waals surface area contributed by atoms with Crippen molar-refractivity contribution in [2.45, 2.75) is 20.3 Å². The second-order valence-corrected chi connectivity index (χ2v) is 9.15. The van der Waals surface area contributed by atoms with Gasteiger partial charge in [-0.2, -0.15) is 0 Å².